The Morgan fingerprint density at radius 2 is 1.82 bits per heavy atom. The fourth-order valence-corrected chi connectivity index (χ4v) is 6.09. The van der Waals surface area contributed by atoms with Crippen molar-refractivity contribution >= 4 is 51.6 Å². The number of amides is 1. The first-order chi connectivity index (χ1) is 18.8. The number of halogens is 1. The second-order valence-corrected chi connectivity index (χ2v) is 10.9. The molecule has 8 nitrogen and oxygen atoms in total. The molecular weight excluding hydrogens is 629 g/mol. The molecule has 0 bridgehead atoms. The van der Waals surface area contributed by atoms with Crippen molar-refractivity contribution in [3.8, 4) is 17.2 Å². The number of thiazole rings is 1. The summed E-state index contributed by atoms with van der Waals surface area (Å²) in [5, 5.41) is 13.2. The van der Waals surface area contributed by atoms with Gasteiger partial charge in [-0.2, -0.15) is 0 Å². The number of phenolic OH excluding ortho intramolecular Hbond substituents is 1. The van der Waals surface area contributed by atoms with Gasteiger partial charge in [-0.05, 0) is 83.1 Å². The first-order valence-corrected chi connectivity index (χ1v) is 13.8. The van der Waals surface area contributed by atoms with E-state index in [2.05, 4.69) is 10.3 Å². The third-order valence-corrected chi connectivity index (χ3v) is 8.10. The van der Waals surface area contributed by atoms with Crippen LogP contribution >= 0.6 is 33.9 Å². The molecule has 4 aromatic rings. The molecule has 0 fully saturated rings. The number of fused-ring (bicyclic) bond motifs is 1. The van der Waals surface area contributed by atoms with Crippen LogP contribution in [0, 0.1) is 3.57 Å². The van der Waals surface area contributed by atoms with Crippen molar-refractivity contribution in [1.82, 2.24) is 4.57 Å². The Labute approximate surface area is 241 Å². The van der Waals surface area contributed by atoms with Gasteiger partial charge in [0.1, 0.15) is 5.75 Å². The van der Waals surface area contributed by atoms with Crippen LogP contribution in [-0.4, -0.2) is 29.8 Å². The topological polar surface area (TPSA) is 102 Å². The average Bonchev–Trinajstić information content (AvgIpc) is 3.24. The van der Waals surface area contributed by atoms with E-state index in [1.165, 1.54) is 18.4 Å². The molecule has 1 aromatic heterocycles. The van der Waals surface area contributed by atoms with E-state index in [0.717, 1.165) is 5.56 Å². The highest BCUT2D eigenvalue weighted by Gasteiger charge is 2.32. The molecule has 1 amide bonds. The number of carbonyl (C=O) groups is 1. The Morgan fingerprint density at radius 1 is 1.10 bits per heavy atom. The van der Waals surface area contributed by atoms with Crippen molar-refractivity contribution in [2.75, 3.05) is 19.5 Å². The standard InChI is InChI=1S/C29H24IN3O5S/c1-16-24(27(35)32-19-7-5-4-6-8-19)25(18-9-11-20(37-2)12-10-18)33-28(36)23(39-29(33)31-16)15-17-13-21(30)26(34)22(14-17)38-3/h4-15,25,34H,1-3H3,(H,32,35)/b23-15+/t25-/m1/s1. The summed E-state index contributed by atoms with van der Waals surface area (Å²) in [4.78, 5) is 32.7. The lowest BCUT2D eigenvalue weighted by molar-refractivity contribution is -0.113. The number of para-hydroxylation sites is 1. The summed E-state index contributed by atoms with van der Waals surface area (Å²) in [7, 11) is 3.06. The number of nitrogens with zero attached hydrogens (tertiary/aromatic N) is 2. The van der Waals surface area contributed by atoms with Gasteiger partial charge in [-0.15, -0.1) is 0 Å². The predicted molar refractivity (Wildman–Crippen MR) is 159 cm³/mol. The largest absolute Gasteiger partial charge is 0.504 e. The molecule has 0 unspecified atom stereocenters. The van der Waals surface area contributed by atoms with Crippen molar-refractivity contribution in [1.29, 1.82) is 0 Å². The molecule has 2 heterocycles. The van der Waals surface area contributed by atoms with Gasteiger partial charge in [-0.3, -0.25) is 14.2 Å². The minimum atomic E-state index is -0.701. The van der Waals surface area contributed by atoms with Crippen LogP contribution in [0.25, 0.3) is 6.08 Å². The first kappa shape index (κ1) is 26.7. The van der Waals surface area contributed by atoms with E-state index in [0.29, 0.717) is 46.9 Å². The third-order valence-electron chi connectivity index (χ3n) is 6.30. The van der Waals surface area contributed by atoms with E-state index < -0.39 is 6.04 Å². The predicted octanol–water partition coefficient (Wildman–Crippen LogP) is 4.20. The molecular formula is C29H24IN3O5S. The molecule has 0 aliphatic carbocycles. The summed E-state index contributed by atoms with van der Waals surface area (Å²) in [5.74, 6) is 0.682. The number of phenols is 1. The van der Waals surface area contributed by atoms with Crippen LogP contribution in [0.1, 0.15) is 24.1 Å². The van der Waals surface area contributed by atoms with E-state index in [4.69, 9.17) is 9.47 Å². The monoisotopic (exact) mass is 653 g/mol. The molecule has 1 aliphatic heterocycles. The molecule has 3 aromatic carbocycles. The summed E-state index contributed by atoms with van der Waals surface area (Å²) < 4.78 is 13.2. The quantitative estimate of drug-likeness (QED) is 0.304. The van der Waals surface area contributed by atoms with Gasteiger partial charge in [0.15, 0.2) is 16.3 Å². The molecule has 2 N–H and O–H groups in total. The number of rotatable bonds is 6. The number of methoxy groups -OCH3 is 2. The number of hydrogen-bond donors (Lipinski definition) is 2. The fraction of sp³-hybridized carbons (Fsp3) is 0.138. The van der Waals surface area contributed by atoms with Gasteiger partial charge in [-0.1, -0.05) is 41.7 Å². The van der Waals surface area contributed by atoms with Crippen molar-refractivity contribution in [2.45, 2.75) is 13.0 Å². The minimum Gasteiger partial charge on any atom is -0.504 e. The van der Waals surface area contributed by atoms with Crippen LogP contribution < -0.4 is 29.7 Å². The zero-order valence-corrected chi connectivity index (χ0v) is 24.2. The second-order valence-electron chi connectivity index (χ2n) is 8.73. The summed E-state index contributed by atoms with van der Waals surface area (Å²) >= 11 is 3.26. The average molecular weight is 653 g/mol. The Kier molecular flexibility index (Phi) is 7.58. The highest BCUT2D eigenvalue weighted by molar-refractivity contribution is 14.1. The number of benzene rings is 3. The Hall–Kier alpha value is -3.90. The Bertz CT molecular complexity index is 1780. The normalized spacial score (nSPS) is 15.0. The van der Waals surface area contributed by atoms with E-state index in [1.807, 2.05) is 52.9 Å². The Morgan fingerprint density at radius 3 is 2.49 bits per heavy atom. The molecule has 1 atom stereocenters. The van der Waals surface area contributed by atoms with Crippen LogP contribution in [0.4, 0.5) is 5.69 Å². The fourth-order valence-electron chi connectivity index (χ4n) is 4.42. The van der Waals surface area contributed by atoms with Crippen molar-refractivity contribution in [2.24, 2.45) is 4.99 Å². The maximum Gasteiger partial charge on any atom is 0.271 e. The number of aromatic nitrogens is 1. The van der Waals surface area contributed by atoms with Crippen molar-refractivity contribution in [3.63, 3.8) is 0 Å². The third kappa shape index (κ3) is 5.21. The second kappa shape index (κ2) is 11.1. The summed E-state index contributed by atoms with van der Waals surface area (Å²) in [6.45, 7) is 1.78. The smallest absolute Gasteiger partial charge is 0.271 e. The van der Waals surface area contributed by atoms with Gasteiger partial charge in [-0.25, -0.2) is 4.99 Å². The van der Waals surface area contributed by atoms with Gasteiger partial charge in [0, 0.05) is 5.69 Å². The van der Waals surface area contributed by atoms with E-state index in [9.17, 15) is 14.7 Å². The molecule has 198 valence electrons. The summed E-state index contributed by atoms with van der Waals surface area (Å²) in [6.07, 6.45) is 1.74. The van der Waals surface area contributed by atoms with Gasteiger partial charge in [0.25, 0.3) is 11.5 Å². The number of aromatic hydroxyl groups is 1. The van der Waals surface area contributed by atoms with Crippen LogP contribution in [-0.2, 0) is 4.79 Å². The van der Waals surface area contributed by atoms with Crippen molar-refractivity contribution < 1.29 is 19.4 Å². The van der Waals surface area contributed by atoms with Gasteiger partial charge in [0.05, 0.1) is 39.6 Å². The van der Waals surface area contributed by atoms with Gasteiger partial charge in [0.2, 0.25) is 0 Å². The number of allylic oxidation sites excluding steroid dienone is 1. The van der Waals surface area contributed by atoms with E-state index in [1.54, 1.807) is 61.1 Å². The summed E-state index contributed by atoms with van der Waals surface area (Å²) in [6, 6.07) is 19.2. The maximum absolute atomic E-state index is 13.9. The number of nitrogens with one attached hydrogen (secondary N) is 1. The molecule has 0 saturated carbocycles. The number of ether oxygens (including phenoxy) is 2. The first-order valence-electron chi connectivity index (χ1n) is 11.9. The van der Waals surface area contributed by atoms with Crippen LogP contribution in [0.2, 0.25) is 0 Å². The molecule has 1 aliphatic rings. The van der Waals surface area contributed by atoms with Gasteiger partial charge >= 0.3 is 0 Å². The zero-order valence-electron chi connectivity index (χ0n) is 21.3. The van der Waals surface area contributed by atoms with Crippen LogP contribution in [0.5, 0.6) is 17.2 Å². The number of anilines is 1. The summed E-state index contributed by atoms with van der Waals surface area (Å²) in [5.41, 5.74) is 2.71. The highest BCUT2D eigenvalue weighted by Crippen LogP contribution is 2.33. The van der Waals surface area contributed by atoms with Crippen LogP contribution in [0.15, 0.2) is 87.8 Å². The number of carbonyl (C=O) groups excluding carboxylic acids is 1. The molecule has 10 heteroatoms. The van der Waals surface area contributed by atoms with Crippen LogP contribution in [0.3, 0.4) is 0 Å². The van der Waals surface area contributed by atoms with E-state index in [-0.39, 0.29) is 17.2 Å². The zero-order chi connectivity index (χ0) is 27.7. The lowest BCUT2D eigenvalue weighted by atomic mass is 9.95. The highest BCUT2D eigenvalue weighted by atomic mass is 127. The SMILES string of the molecule is COc1ccc([C@@H]2C(C(=O)Nc3ccccc3)=C(C)N=c3s/c(=C/c4cc(I)c(O)c(OC)c4)c(=O)n32)cc1. The lowest BCUT2D eigenvalue weighted by Gasteiger charge is -2.25. The maximum atomic E-state index is 13.9. The molecule has 0 radical (unpaired) electrons. The van der Waals surface area contributed by atoms with E-state index >= 15 is 0 Å². The van der Waals surface area contributed by atoms with Crippen molar-refractivity contribution in [3.05, 3.63) is 112 Å². The molecule has 0 spiro atoms. The minimum absolute atomic E-state index is 0.0425. The Balaban J connectivity index is 1.68. The molecule has 5 rings (SSSR count). The lowest BCUT2D eigenvalue weighted by Crippen LogP contribution is -2.40. The molecule has 0 saturated heterocycles. The number of hydrogen-bond acceptors (Lipinski definition) is 7. The van der Waals surface area contributed by atoms with Gasteiger partial charge < -0.3 is 19.9 Å². The molecule has 39 heavy (non-hydrogen) atoms.